The summed E-state index contributed by atoms with van der Waals surface area (Å²) in [6, 6.07) is 18.5. The molecule has 4 aromatic heterocycles. The van der Waals surface area contributed by atoms with Crippen molar-refractivity contribution in [3.63, 3.8) is 0 Å². The van der Waals surface area contributed by atoms with Crippen LogP contribution in [0.4, 0.5) is 4.39 Å². The molecule has 0 spiro atoms. The molecular weight excluding hydrogens is 379 g/mol. The van der Waals surface area contributed by atoms with Gasteiger partial charge in [-0.2, -0.15) is 10.2 Å². The van der Waals surface area contributed by atoms with Crippen molar-refractivity contribution in [2.45, 2.75) is 0 Å². The number of benzene rings is 2. The minimum absolute atomic E-state index is 0.255. The Morgan fingerprint density at radius 3 is 2.67 bits per heavy atom. The number of aromatic amines is 3. The minimum Gasteiger partial charge on any atom is -0.353 e. The Hall–Kier alpha value is -4.26. The summed E-state index contributed by atoms with van der Waals surface area (Å²) in [6.45, 7) is 0. The van der Waals surface area contributed by atoms with Gasteiger partial charge < -0.3 is 4.98 Å². The van der Waals surface area contributed by atoms with E-state index in [0.29, 0.717) is 0 Å². The molecule has 30 heavy (non-hydrogen) atoms. The number of rotatable bonds is 3. The molecule has 7 heteroatoms. The van der Waals surface area contributed by atoms with Crippen LogP contribution < -0.4 is 0 Å². The molecule has 2 aromatic carbocycles. The van der Waals surface area contributed by atoms with E-state index in [-0.39, 0.29) is 5.82 Å². The van der Waals surface area contributed by atoms with E-state index in [9.17, 15) is 4.39 Å². The van der Waals surface area contributed by atoms with Crippen LogP contribution in [0.3, 0.4) is 0 Å². The van der Waals surface area contributed by atoms with Crippen molar-refractivity contribution in [2.75, 3.05) is 0 Å². The third-order valence-electron chi connectivity index (χ3n) is 5.26. The average Bonchev–Trinajstić information content (AvgIpc) is 3.51. The number of nitrogens with zero attached hydrogens (tertiary/aromatic N) is 3. The number of aromatic nitrogens is 6. The summed E-state index contributed by atoms with van der Waals surface area (Å²) in [5.41, 5.74) is 7.67. The van der Waals surface area contributed by atoms with E-state index < -0.39 is 0 Å². The summed E-state index contributed by atoms with van der Waals surface area (Å²) >= 11 is 0. The summed E-state index contributed by atoms with van der Waals surface area (Å²) in [5, 5.41) is 15.4. The van der Waals surface area contributed by atoms with Crippen LogP contribution in [0.2, 0.25) is 0 Å². The van der Waals surface area contributed by atoms with E-state index in [1.165, 1.54) is 6.07 Å². The van der Waals surface area contributed by atoms with E-state index >= 15 is 0 Å². The molecule has 0 aliphatic heterocycles. The SMILES string of the molecule is Fc1cccc(-c2cccc3[nH]c(-c4n[nH]c5ccc(-c6cn[nH]c6)nc45)cc23)c1. The van der Waals surface area contributed by atoms with Crippen molar-refractivity contribution in [3.8, 4) is 33.8 Å². The van der Waals surface area contributed by atoms with Gasteiger partial charge in [0.05, 0.1) is 23.1 Å². The summed E-state index contributed by atoms with van der Waals surface area (Å²) in [5.74, 6) is -0.255. The Morgan fingerprint density at radius 2 is 1.80 bits per heavy atom. The molecule has 0 fully saturated rings. The number of fused-ring (bicyclic) bond motifs is 2. The maximum Gasteiger partial charge on any atom is 0.135 e. The van der Waals surface area contributed by atoms with Crippen LogP contribution in [0.5, 0.6) is 0 Å². The Kier molecular flexibility index (Phi) is 3.55. The van der Waals surface area contributed by atoms with E-state index in [2.05, 4.69) is 25.4 Å². The van der Waals surface area contributed by atoms with Crippen LogP contribution in [0.15, 0.2) is 73.1 Å². The zero-order chi connectivity index (χ0) is 20.1. The molecule has 0 saturated carbocycles. The third-order valence-corrected chi connectivity index (χ3v) is 5.26. The standard InChI is InChI=1S/C23H15FN6/c24-15-4-1-3-13(9-15)16-5-2-6-19-17(16)10-21(27-19)23-22-20(29-30-23)8-7-18(28-22)14-11-25-26-12-14/h1-12,27H,(H,25,26)(H,29,30). The van der Waals surface area contributed by atoms with Gasteiger partial charge in [0.25, 0.3) is 0 Å². The first-order valence-electron chi connectivity index (χ1n) is 9.48. The van der Waals surface area contributed by atoms with Gasteiger partial charge in [0.15, 0.2) is 0 Å². The van der Waals surface area contributed by atoms with Crippen LogP contribution >= 0.6 is 0 Å². The quantitative estimate of drug-likeness (QED) is 0.381. The number of halogens is 1. The lowest BCUT2D eigenvalue weighted by Crippen LogP contribution is -1.84. The fourth-order valence-corrected chi connectivity index (χ4v) is 3.83. The first-order valence-corrected chi connectivity index (χ1v) is 9.48. The van der Waals surface area contributed by atoms with Crippen LogP contribution in [-0.2, 0) is 0 Å². The van der Waals surface area contributed by atoms with Gasteiger partial charge in [0, 0.05) is 22.7 Å². The molecule has 0 unspecified atom stereocenters. The van der Waals surface area contributed by atoms with Crippen LogP contribution in [0, 0.1) is 5.82 Å². The van der Waals surface area contributed by atoms with Gasteiger partial charge in [-0.3, -0.25) is 10.2 Å². The van der Waals surface area contributed by atoms with E-state index in [4.69, 9.17) is 4.98 Å². The molecule has 6 rings (SSSR count). The molecule has 4 heterocycles. The highest BCUT2D eigenvalue weighted by Crippen LogP contribution is 2.34. The van der Waals surface area contributed by atoms with Crippen molar-refractivity contribution < 1.29 is 4.39 Å². The second kappa shape index (κ2) is 6.38. The summed E-state index contributed by atoms with van der Waals surface area (Å²) in [6.07, 6.45) is 3.55. The smallest absolute Gasteiger partial charge is 0.135 e. The van der Waals surface area contributed by atoms with E-state index in [0.717, 1.165) is 55.7 Å². The molecule has 0 radical (unpaired) electrons. The number of hydrogen-bond acceptors (Lipinski definition) is 3. The van der Waals surface area contributed by atoms with Crippen molar-refractivity contribution in [3.05, 3.63) is 78.9 Å². The van der Waals surface area contributed by atoms with Crippen LogP contribution in [-0.4, -0.2) is 30.4 Å². The third kappa shape index (κ3) is 2.60. The number of H-pyrrole nitrogens is 3. The Balaban J connectivity index is 1.53. The molecule has 0 aliphatic carbocycles. The summed E-state index contributed by atoms with van der Waals surface area (Å²) in [7, 11) is 0. The van der Waals surface area contributed by atoms with Gasteiger partial charge in [0.2, 0.25) is 0 Å². The van der Waals surface area contributed by atoms with Crippen molar-refractivity contribution in [2.24, 2.45) is 0 Å². The normalized spacial score (nSPS) is 11.5. The average molecular weight is 394 g/mol. The zero-order valence-corrected chi connectivity index (χ0v) is 15.6. The Morgan fingerprint density at radius 1 is 0.867 bits per heavy atom. The summed E-state index contributed by atoms with van der Waals surface area (Å²) < 4.78 is 13.8. The van der Waals surface area contributed by atoms with E-state index in [1.807, 2.05) is 48.7 Å². The molecule has 0 bridgehead atoms. The van der Waals surface area contributed by atoms with Gasteiger partial charge in [-0.05, 0) is 47.5 Å². The van der Waals surface area contributed by atoms with Crippen molar-refractivity contribution in [1.82, 2.24) is 30.4 Å². The van der Waals surface area contributed by atoms with Crippen LogP contribution in [0.1, 0.15) is 0 Å². The molecule has 3 N–H and O–H groups in total. The number of nitrogens with one attached hydrogen (secondary N) is 3. The maximum absolute atomic E-state index is 13.8. The summed E-state index contributed by atoms with van der Waals surface area (Å²) in [4.78, 5) is 8.23. The molecule has 0 atom stereocenters. The number of pyridine rings is 1. The second-order valence-corrected chi connectivity index (χ2v) is 7.11. The number of hydrogen-bond donors (Lipinski definition) is 3. The minimum atomic E-state index is -0.255. The second-order valence-electron chi connectivity index (χ2n) is 7.11. The largest absolute Gasteiger partial charge is 0.353 e. The van der Waals surface area contributed by atoms with Crippen molar-refractivity contribution in [1.29, 1.82) is 0 Å². The first kappa shape index (κ1) is 16.7. The fraction of sp³-hybridized carbons (Fsp3) is 0. The van der Waals surface area contributed by atoms with Gasteiger partial charge in [-0.15, -0.1) is 0 Å². The lowest BCUT2D eigenvalue weighted by atomic mass is 10.0. The van der Waals surface area contributed by atoms with Gasteiger partial charge in [0.1, 0.15) is 17.0 Å². The van der Waals surface area contributed by atoms with E-state index in [1.54, 1.807) is 18.3 Å². The molecule has 0 aliphatic rings. The molecule has 6 nitrogen and oxygen atoms in total. The molecule has 0 saturated heterocycles. The monoisotopic (exact) mass is 394 g/mol. The molecule has 6 aromatic rings. The fourth-order valence-electron chi connectivity index (χ4n) is 3.83. The topological polar surface area (TPSA) is 86.0 Å². The van der Waals surface area contributed by atoms with Gasteiger partial charge >= 0.3 is 0 Å². The highest BCUT2D eigenvalue weighted by atomic mass is 19.1. The lowest BCUT2D eigenvalue weighted by Gasteiger charge is -2.03. The highest BCUT2D eigenvalue weighted by Gasteiger charge is 2.15. The van der Waals surface area contributed by atoms with Gasteiger partial charge in [-0.25, -0.2) is 9.37 Å². The maximum atomic E-state index is 13.8. The molecule has 0 amide bonds. The Bertz CT molecular complexity index is 1510. The lowest BCUT2D eigenvalue weighted by molar-refractivity contribution is 0.628. The zero-order valence-electron chi connectivity index (χ0n) is 15.6. The van der Waals surface area contributed by atoms with Crippen LogP contribution in [0.25, 0.3) is 55.7 Å². The van der Waals surface area contributed by atoms with Gasteiger partial charge in [-0.1, -0.05) is 24.3 Å². The highest BCUT2D eigenvalue weighted by molar-refractivity contribution is 6.00. The van der Waals surface area contributed by atoms with Crippen molar-refractivity contribution >= 4 is 21.9 Å². The predicted molar refractivity (Wildman–Crippen MR) is 114 cm³/mol. The molecular formula is C23H15FN6. The molecule has 144 valence electrons. The Labute approximate surface area is 169 Å². The predicted octanol–water partition coefficient (Wildman–Crippen LogP) is 5.30. The first-order chi connectivity index (χ1) is 14.8.